The molecule has 0 aromatic rings. The minimum atomic E-state index is -0.838. The standard InChI is InChI=1S/C14H24N7O5/c1-9(23)21(5-6-22)12(25)8-19-11(24)7-20-13(26)10(15)3-2-4-18-14(16)17/h10H,2-5,7-8,15H2,1H3,(H,19,24)(H,20,26)(H4,16,17,18)/t10-/m1/s1. The van der Waals surface area contributed by atoms with Gasteiger partial charge in [0, 0.05) is 13.5 Å². The van der Waals surface area contributed by atoms with Gasteiger partial charge in [-0.05, 0) is 12.8 Å². The van der Waals surface area contributed by atoms with Crippen LogP contribution in [0.15, 0.2) is 0 Å². The number of carbonyl (C=O) groups is 4. The summed E-state index contributed by atoms with van der Waals surface area (Å²) >= 11 is 0. The average Bonchev–Trinajstić information content (AvgIpc) is 2.58. The first kappa shape index (κ1) is 23.0. The fourth-order valence-corrected chi connectivity index (χ4v) is 1.75. The number of rotatable bonds is 11. The number of nitrogens with zero attached hydrogens (tertiary/aromatic N) is 1. The molecule has 0 aliphatic heterocycles. The van der Waals surface area contributed by atoms with Crippen LogP contribution in [-0.4, -0.2) is 73.0 Å². The summed E-state index contributed by atoms with van der Waals surface area (Å²) in [6, 6.07) is -0.838. The minimum absolute atomic E-state index is 0.177. The molecule has 12 nitrogen and oxygen atoms in total. The van der Waals surface area contributed by atoms with Gasteiger partial charge in [-0.25, -0.2) is 0 Å². The molecule has 0 aliphatic carbocycles. The van der Waals surface area contributed by atoms with Gasteiger partial charge in [0.25, 0.3) is 0 Å². The van der Waals surface area contributed by atoms with Crippen molar-refractivity contribution in [1.29, 1.82) is 5.41 Å². The quantitative estimate of drug-likeness (QED) is 0.121. The second kappa shape index (κ2) is 12.4. The molecule has 0 aromatic heterocycles. The van der Waals surface area contributed by atoms with Crippen LogP contribution in [0.5, 0.6) is 0 Å². The Morgan fingerprint density at radius 1 is 1.15 bits per heavy atom. The van der Waals surface area contributed by atoms with Crippen LogP contribution < -0.4 is 27.4 Å². The summed E-state index contributed by atoms with van der Waals surface area (Å²) in [6.45, 7) is 0.0760. The molecule has 0 rings (SSSR count). The fourth-order valence-electron chi connectivity index (χ4n) is 1.75. The summed E-state index contributed by atoms with van der Waals surface area (Å²) in [6.07, 6.45) is 2.25. The number of guanidine groups is 1. The number of nitrogens with one attached hydrogen (secondary N) is 4. The summed E-state index contributed by atoms with van der Waals surface area (Å²) in [7, 11) is 0. The van der Waals surface area contributed by atoms with E-state index in [9.17, 15) is 24.0 Å². The fraction of sp³-hybridized carbons (Fsp3) is 0.571. The van der Waals surface area contributed by atoms with E-state index in [1.54, 1.807) is 0 Å². The molecule has 1 radical (unpaired) electrons. The van der Waals surface area contributed by atoms with E-state index in [2.05, 4.69) is 16.0 Å². The van der Waals surface area contributed by atoms with E-state index in [1.165, 1.54) is 6.29 Å². The van der Waals surface area contributed by atoms with Crippen LogP contribution in [0.4, 0.5) is 0 Å². The Labute approximate surface area is 150 Å². The molecule has 0 saturated heterocycles. The molecule has 26 heavy (non-hydrogen) atoms. The number of amides is 4. The third-order valence-electron chi connectivity index (χ3n) is 3.11. The largest absolute Gasteiger partial charge is 0.370 e. The highest BCUT2D eigenvalue weighted by Gasteiger charge is 2.19. The molecule has 0 heterocycles. The van der Waals surface area contributed by atoms with Crippen LogP contribution in [0.3, 0.4) is 0 Å². The van der Waals surface area contributed by atoms with Crippen LogP contribution >= 0.6 is 0 Å². The second-order valence-electron chi connectivity index (χ2n) is 5.23. The zero-order chi connectivity index (χ0) is 20.1. The Bertz CT molecular complexity index is 552. The molecule has 0 spiro atoms. The molecule has 12 heteroatoms. The second-order valence-corrected chi connectivity index (χ2v) is 5.23. The van der Waals surface area contributed by atoms with Crippen molar-refractivity contribution in [2.75, 3.05) is 26.2 Å². The van der Waals surface area contributed by atoms with Gasteiger partial charge >= 0.3 is 0 Å². The van der Waals surface area contributed by atoms with E-state index in [1.807, 2.05) is 0 Å². The van der Waals surface area contributed by atoms with Crippen molar-refractivity contribution in [3.63, 3.8) is 0 Å². The number of nitrogens with two attached hydrogens (primary N) is 2. The number of carbonyl (C=O) groups excluding carboxylic acids is 5. The van der Waals surface area contributed by atoms with Gasteiger partial charge in [-0.1, -0.05) is 0 Å². The van der Waals surface area contributed by atoms with Gasteiger partial charge in [0.05, 0.1) is 25.7 Å². The highest BCUT2D eigenvalue weighted by Crippen LogP contribution is 1.93. The zero-order valence-corrected chi connectivity index (χ0v) is 14.5. The van der Waals surface area contributed by atoms with Gasteiger partial charge < -0.3 is 27.4 Å². The molecule has 0 bridgehead atoms. The van der Waals surface area contributed by atoms with E-state index >= 15 is 0 Å². The summed E-state index contributed by atoms with van der Waals surface area (Å²) in [5, 5.41) is 14.1. The molecule has 0 saturated carbocycles. The molecule has 4 amide bonds. The molecule has 1 atom stereocenters. The lowest BCUT2D eigenvalue weighted by atomic mass is 10.1. The van der Waals surface area contributed by atoms with Crippen LogP contribution in [0, 0.1) is 5.41 Å². The highest BCUT2D eigenvalue weighted by molar-refractivity contribution is 5.98. The number of imide groups is 1. The van der Waals surface area contributed by atoms with Crippen molar-refractivity contribution in [3.8, 4) is 0 Å². The number of hydrogen-bond donors (Lipinski definition) is 6. The summed E-state index contributed by atoms with van der Waals surface area (Å²) in [5.41, 5.74) is 10.8. The summed E-state index contributed by atoms with van der Waals surface area (Å²) in [4.78, 5) is 57.1. The van der Waals surface area contributed by atoms with E-state index in [0.717, 1.165) is 6.92 Å². The first-order valence-electron chi connectivity index (χ1n) is 7.72. The van der Waals surface area contributed by atoms with Crippen molar-refractivity contribution < 1.29 is 24.0 Å². The lowest BCUT2D eigenvalue weighted by molar-refractivity contribution is -0.142. The van der Waals surface area contributed by atoms with Crippen LogP contribution in [0.2, 0.25) is 0 Å². The molecule has 8 N–H and O–H groups in total. The summed E-state index contributed by atoms with van der Waals surface area (Å²) < 4.78 is 0. The topological polar surface area (TPSA) is 201 Å². The number of hydrogen-bond acceptors (Lipinski definition) is 7. The van der Waals surface area contributed by atoms with Crippen molar-refractivity contribution in [2.45, 2.75) is 25.8 Å². The van der Waals surface area contributed by atoms with Crippen molar-refractivity contribution in [1.82, 2.24) is 20.9 Å². The van der Waals surface area contributed by atoms with E-state index in [-0.39, 0.29) is 5.96 Å². The SMILES string of the molecule is CC(=O)N(C[C]=O)C(=O)CNC(=O)CNC(=O)[C@H](N)CCCNC(=N)N. The maximum absolute atomic E-state index is 11.7. The third-order valence-corrected chi connectivity index (χ3v) is 3.11. The van der Waals surface area contributed by atoms with Crippen molar-refractivity contribution in [3.05, 3.63) is 0 Å². The molecule has 0 aliphatic rings. The van der Waals surface area contributed by atoms with Crippen LogP contribution in [-0.2, 0) is 24.0 Å². The average molecular weight is 370 g/mol. The zero-order valence-electron chi connectivity index (χ0n) is 14.5. The first-order chi connectivity index (χ1) is 12.2. The van der Waals surface area contributed by atoms with Gasteiger partial charge in [-0.2, -0.15) is 0 Å². The molecule has 0 fully saturated rings. The Balaban J connectivity index is 4.11. The van der Waals surface area contributed by atoms with Gasteiger partial charge in [-0.15, -0.1) is 0 Å². The Hall–Kier alpha value is -3.02. The molecule has 0 aromatic carbocycles. The predicted molar refractivity (Wildman–Crippen MR) is 91.2 cm³/mol. The maximum Gasteiger partial charge on any atom is 0.248 e. The van der Waals surface area contributed by atoms with E-state index in [4.69, 9.17) is 16.9 Å². The van der Waals surface area contributed by atoms with Gasteiger partial charge in [0.15, 0.2) is 5.96 Å². The Morgan fingerprint density at radius 3 is 2.35 bits per heavy atom. The smallest absolute Gasteiger partial charge is 0.248 e. The van der Waals surface area contributed by atoms with Gasteiger partial charge in [-0.3, -0.25) is 34.3 Å². The van der Waals surface area contributed by atoms with Crippen LogP contribution in [0.1, 0.15) is 19.8 Å². The first-order valence-corrected chi connectivity index (χ1v) is 7.72. The Morgan fingerprint density at radius 2 is 1.81 bits per heavy atom. The monoisotopic (exact) mass is 370 g/mol. The summed E-state index contributed by atoms with van der Waals surface area (Å²) in [5.74, 6) is -2.80. The van der Waals surface area contributed by atoms with Crippen molar-refractivity contribution >= 4 is 35.9 Å². The van der Waals surface area contributed by atoms with Gasteiger partial charge in [0.1, 0.15) is 0 Å². The highest BCUT2D eigenvalue weighted by atomic mass is 16.2. The Kier molecular flexibility index (Phi) is 10.9. The predicted octanol–water partition coefficient (Wildman–Crippen LogP) is -3.71. The maximum atomic E-state index is 11.7. The third kappa shape index (κ3) is 9.97. The lowest BCUT2D eigenvalue weighted by Gasteiger charge is -2.16. The van der Waals surface area contributed by atoms with Crippen molar-refractivity contribution in [2.24, 2.45) is 11.5 Å². The minimum Gasteiger partial charge on any atom is -0.370 e. The molecular formula is C14H24N7O5. The van der Waals surface area contributed by atoms with E-state index < -0.39 is 49.3 Å². The van der Waals surface area contributed by atoms with Gasteiger partial charge in [0.2, 0.25) is 29.9 Å². The van der Waals surface area contributed by atoms with Crippen LogP contribution in [0.25, 0.3) is 0 Å². The molecular weight excluding hydrogens is 346 g/mol. The lowest BCUT2D eigenvalue weighted by Crippen LogP contribution is -2.48. The normalized spacial score (nSPS) is 11.0. The molecule has 145 valence electrons. The van der Waals surface area contributed by atoms with E-state index in [0.29, 0.717) is 24.3 Å². The molecule has 0 unspecified atom stereocenters.